The zero-order valence-corrected chi connectivity index (χ0v) is 15.2. The van der Waals surface area contributed by atoms with E-state index >= 15 is 0 Å². The Morgan fingerprint density at radius 2 is 1.09 bits per heavy atom. The van der Waals surface area contributed by atoms with Crippen molar-refractivity contribution in [1.29, 1.82) is 0 Å². The van der Waals surface area contributed by atoms with E-state index in [2.05, 4.69) is 0 Å². The molecular formula is C14H8CaCl2O6. The zero-order valence-electron chi connectivity index (χ0n) is 11.5. The third-order valence-electron chi connectivity index (χ3n) is 2.41. The first-order valence-corrected chi connectivity index (χ1v) is 6.39. The average Bonchev–Trinajstić information content (AvgIpc) is 2.45. The summed E-state index contributed by atoms with van der Waals surface area (Å²) in [6, 6.07) is 8.07. The second-order valence-corrected chi connectivity index (χ2v) is 4.66. The van der Waals surface area contributed by atoms with Gasteiger partial charge in [0, 0.05) is 11.1 Å². The van der Waals surface area contributed by atoms with Gasteiger partial charge in [0.05, 0.1) is 22.0 Å². The van der Waals surface area contributed by atoms with Gasteiger partial charge in [0.1, 0.15) is 11.5 Å². The number of carbonyl (C=O) groups is 2. The van der Waals surface area contributed by atoms with E-state index in [1.165, 1.54) is 36.4 Å². The van der Waals surface area contributed by atoms with Gasteiger partial charge in [0.25, 0.3) is 0 Å². The van der Waals surface area contributed by atoms with Gasteiger partial charge < -0.3 is 30.0 Å². The fourth-order valence-electron chi connectivity index (χ4n) is 1.36. The molecule has 0 aromatic heterocycles. The number of hydrogen-bond donors (Lipinski definition) is 2. The summed E-state index contributed by atoms with van der Waals surface area (Å²) in [5, 5.41) is 38.5. The molecule has 0 saturated carbocycles. The molecule has 0 aliphatic heterocycles. The molecule has 0 bridgehead atoms. The zero-order chi connectivity index (χ0) is 16.9. The minimum Gasteiger partial charge on any atom is -0.545 e. The van der Waals surface area contributed by atoms with Gasteiger partial charge in [-0.1, -0.05) is 35.3 Å². The SMILES string of the molecule is O=C([O-])c1cccc(Cl)c1O.O=C([O-])c1cccc(Cl)c1O.[Ca+2]. The van der Waals surface area contributed by atoms with Crippen molar-refractivity contribution in [3.63, 3.8) is 0 Å². The van der Waals surface area contributed by atoms with Gasteiger partial charge in [0.15, 0.2) is 0 Å². The molecule has 0 atom stereocenters. The monoisotopic (exact) mass is 382 g/mol. The molecule has 2 rings (SSSR count). The Hall–Kier alpha value is -1.18. The normalized spacial score (nSPS) is 9.13. The Morgan fingerprint density at radius 3 is 1.30 bits per heavy atom. The van der Waals surface area contributed by atoms with Crippen molar-refractivity contribution in [2.75, 3.05) is 0 Å². The molecule has 0 aliphatic rings. The van der Waals surface area contributed by atoms with E-state index < -0.39 is 23.4 Å². The summed E-state index contributed by atoms with van der Waals surface area (Å²) in [7, 11) is 0. The molecule has 0 heterocycles. The summed E-state index contributed by atoms with van der Waals surface area (Å²) in [6.07, 6.45) is 0. The molecule has 0 spiro atoms. The Labute approximate surface area is 170 Å². The van der Waals surface area contributed by atoms with Crippen LogP contribution in [0.25, 0.3) is 0 Å². The maximum atomic E-state index is 10.2. The van der Waals surface area contributed by atoms with Gasteiger partial charge in [0.2, 0.25) is 0 Å². The standard InChI is InChI=1S/2C7H5ClO3.Ca/c2*8-5-3-1-2-4(6(5)9)7(10)11;/h2*1-3,9H,(H,10,11);/q;;+2/p-2. The van der Waals surface area contributed by atoms with E-state index in [0.29, 0.717) is 0 Å². The molecule has 116 valence electrons. The number of halogens is 2. The molecular weight excluding hydrogens is 375 g/mol. The van der Waals surface area contributed by atoms with Crippen LogP contribution in [0.1, 0.15) is 20.7 Å². The maximum absolute atomic E-state index is 10.2. The predicted octanol–water partition coefficient (Wildman–Crippen LogP) is 0.437. The quantitative estimate of drug-likeness (QED) is 0.726. The van der Waals surface area contributed by atoms with Crippen LogP contribution in [-0.2, 0) is 0 Å². The molecule has 2 N–H and O–H groups in total. The summed E-state index contributed by atoms with van der Waals surface area (Å²) < 4.78 is 0. The minimum atomic E-state index is -1.44. The van der Waals surface area contributed by atoms with Crippen molar-refractivity contribution in [3.8, 4) is 11.5 Å². The first kappa shape index (κ1) is 21.8. The fraction of sp³-hybridized carbons (Fsp3) is 0. The second kappa shape index (κ2) is 9.85. The maximum Gasteiger partial charge on any atom is 2.00 e. The van der Waals surface area contributed by atoms with E-state index in [1.54, 1.807) is 0 Å². The van der Waals surface area contributed by atoms with Gasteiger partial charge in [-0.3, -0.25) is 0 Å². The summed E-state index contributed by atoms with van der Waals surface area (Å²) in [5.74, 6) is -3.78. The van der Waals surface area contributed by atoms with Crippen LogP contribution in [0.5, 0.6) is 11.5 Å². The number of carbonyl (C=O) groups excluding carboxylic acids is 2. The third-order valence-corrected chi connectivity index (χ3v) is 3.02. The van der Waals surface area contributed by atoms with Crippen LogP contribution in [0.4, 0.5) is 0 Å². The fourth-order valence-corrected chi connectivity index (χ4v) is 1.71. The number of carboxylic acids is 2. The Kier molecular flexibility index (Phi) is 9.34. The van der Waals surface area contributed by atoms with Crippen molar-refractivity contribution in [2.24, 2.45) is 0 Å². The number of aromatic carboxylic acids is 2. The largest absolute Gasteiger partial charge is 2.00 e. The molecule has 23 heavy (non-hydrogen) atoms. The van der Waals surface area contributed by atoms with Crippen molar-refractivity contribution >= 4 is 72.9 Å². The van der Waals surface area contributed by atoms with Crippen LogP contribution in [0.3, 0.4) is 0 Å². The number of benzene rings is 2. The van der Waals surface area contributed by atoms with Crippen LogP contribution in [-0.4, -0.2) is 59.9 Å². The van der Waals surface area contributed by atoms with Crippen LogP contribution < -0.4 is 10.2 Å². The predicted molar refractivity (Wildman–Crippen MR) is 80.6 cm³/mol. The summed E-state index contributed by atoms with van der Waals surface area (Å²) in [4.78, 5) is 20.5. The number of phenols is 2. The van der Waals surface area contributed by atoms with Gasteiger partial charge >= 0.3 is 37.7 Å². The van der Waals surface area contributed by atoms with E-state index in [0.717, 1.165) is 0 Å². The average molecular weight is 383 g/mol. The molecule has 0 unspecified atom stereocenters. The Balaban J connectivity index is 0.000000403. The van der Waals surface area contributed by atoms with Gasteiger partial charge in [-0.25, -0.2) is 0 Å². The molecule has 6 nitrogen and oxygen atoms in total. The molecule has 0 saturated heterocycles. The van der Waals surface area contributed by atoms with E-state index in [-0.39, 0.29) is 58.9 Å². The molecule has 2 aromatic carbocycles. The van der Waals surface area contributed by atoms with E-state index in [9.17, 15) is 19.8 Å². The smallest absolute Gasteiger partial charge is 0.545 e. The molecule has 9 heteroatoms. The van der Waals surface area contributed by atoms with Gasteiger partial charge in [-0.05, 0) is 24.3 Å². The van der Waals surface area contributed by atoms with Crippen LogP contribution in [0.2, 0.25) is 10.0 Å². The van der Waals surface area contributed by atoms with Crippen molar-refractivity contribution in [2.45, 2.75) is 0 Å². The summed E-state index contributed by atoms with van der Waals surface area (Å²) in [5.41, 5.74) is -0.588. The number of rotatable bonds is 2. The van der Waals surface area contributed by atoms with Crippen molar-refractivity contribution < 1.29 is 30.0 Å². The molecule has 2 aromatic rings. The topological polar surface area (TPSA) is 121 Å². The van der Waals surface area contributed by atoms with Crippen LogP contribution in [0.15, 0.2) is 36.4 Å². The van der Waals surface area contributed by atoms with E-state index in [1.807, 2.05) is 0 Å². The summed E-state index contributed by atoms with van der Waals surface area (Å²) >= 11 is 10.8. The number of hydrogen-bond acceptors (Lipinski definition) is 6. The number of para-hydroxylation sites is 2. The third kappa shape index (κ3) is 6.08. The van der Waals surface area contributed by atoms with Gasteiger partial charge in [-0.15, -0.1) is 0 Å². The number of carboxylic acid groups (broad SMARTS) is 2. The van der Waals surface area contributed by atoms with Crippen LogP contribution in [0, 0.1) is 0 Å². The first-order valence-electron chi connectivity index (χ1n) is 5.63. The van der Waals surface area contributed by atoms with Gasteiger partial charge in [-0.2, -0.15) is 0 Å². The summed E-state index contributed by atoms with van der Waals surface area (Å²) in [6.45, 7) is 0. The Morgan fingerprint density at radius 1 is 0.783 bits per heavy atom. The Bertz CT molecular complexity index is 659. The van der Waals surface area contributed by atoms with Crippen molar-refractivity contribution in [1.82, 2.24) is 0 Å². The van der Waals surface area contributed by atoms with E-state index in [4.69, 9.17) is 33.4 Å². The number of aromatic hydroxyl groups is 2. The minimum absolute atomic E-state index is 0. The molecule has 0 aliphatic carbocycles. The van der Waals surface area contributed by atoms with Crippen molar-refractivity contribution in [3.05, 3.63) is 57.6 Å². The molecule has 0 fully saturated rings. The second-order valence-electron chi connectivity index (χ2n) is 3.85. The molecule has 0 radical (unpaired) electrons. The molecule has 0 amide bonds. The van der Waals surface area contributed by atoms with Crippen LogP contribution >= 0.6 is 23.2 Å². The first-order chi connectivity index (χ1) is 10.3.